The third-order valence-corrected chi connectivity index (χ3v) is 4.84. The second kappa shape index (κ2) is 7.57. The topological polar surface area (TPSA) is 75.9 Å². The highest BCUT2D eigenvalue weighted by Gasteiger charge is 2.26. The normalized spacial score (nSPS) is 13.3. The maximum absolute atomic E-state index is 12.6. The quantitative estimate of drug-likeness (QED) is 0.748. The first kappa shape index (κ1) is 17.2. The second-order valence-corrected chi connectivity index (χ2v) is 6.60. The van der Waals surface area contributed by atoms with Gasteiger partial charge in [0.1, 0.15) is 0 Å². The number of nitrogens with zero attached hydrogens (tertiary/aromatic N) is 5. The molecule has 2 aromatic heterocycles. The van der Waals surface area contributed by atoms with Crippen LogP contribution in [0.1, 0.15) is 27.6 Å². The number of nitrogens with one attached hydrogen (secondary N) is 1. The Bertz CT molecular complexity index is 922. The fourth-order valence-electron chi connectivity index (χ4n) is 3.40. The third-order valence-electron chi connectivity index (χ3n) is 4.84. The smallest absolute Gasteiger partial charge is 0.287 e. The van der Waals surface area contributed by atoms with Crippen molar-refractivity contribution >= 4 is 11.9 Å². The van der Waals surface area contributed by atoms with E-state index in [1.165, 1.54) is 5.56 Å². The van der Waals surface area contributed by atoms with E-state index in [9.17, 15) is 4.79 Å². The summed E-state index contributed by atoms with van der Waals surface area (Å²) in [6.45, 7) is 2.01. The summed E-state index contributed by atoms with van der Waals surface area (Å²) in [5.41, 5.74) is 3.23. The molecule has 0 spiro atoms. The zero-order valence-corrected chi connectivity index (χ0v) is 15.3. The van der Waals surface area contributed by atoms with Crippen LogP contribution in [-0.4, -0.2) is 38.5 Å². The van der Waals surface area contributed by atoms with Gasteiger partial charge in [0.15, 0.2) is 5.82 Å². The number of amides is 1. The molecule has 0 atom stereocenters. The molecular weight excluding hydrogens is 340 g/mol. The molecule has 0 bridgehead atoms. The molecule has 0 saturated heterocycles. The molecule has 7 heteroatoms. The van der Waals surface area contributed by atoms with Gasteiger partial charge in [0.25, 0.3) is 5.91 Å². The van der Waals surface area contributed by atoms with Gasteiger partial charge in [-0.25, -0.2) is 15.0 Å². The number of hydrogen-bond acceptors (Lipinski definition) is 5. The highest BCUT2D eigenvalue weighted by Crippen LogP contribution is 2.22. The van der Waals surface area contributed by atoms with Crippen LogP contribution in [0, 0.1) is 0 Å². The van der Waals surface area contributed by atoms with E-state index in [4.69, 9.17) is 0 Å². The lowest BCUT2D eigenvalue weighted by molar-refractivity contribution is 0.0940. The van der Waals surface area contributed by atoms with Crippen molar-refractivity contribution < 1.29 is 4.79 Å². The summed E-state index contributed by atoms with van der Waals surface area (Å²) in [5, 5.41) is 2.98. The van der Waals surface area contributed by atoms with Crippen molar-refractivity contribution in [2.75, 3.05) is 18.0 Å². The predicted molar refractivity (Wildman–Crippen MR) is 102 cm³/mol. The molecule has 1 N–H and O–H groups in total. The Morgan fingerprint density at radius 3 is 2.70 bits per heavy atom. The van der Waals surface area contributed by atoms with Crippen LogP contribution in [0.25, 0.3) is 0 Å². The number of aromatic nitrogens is 4. The van der Waals surface area contributed by atoms with Gasteiger partial charge in [-0.05, 0) is 18.1 Å². The lowest BCUT2D eigenvalue weighted by atomic mass is 10.1. The average molecular weight is 362 g/mol. The zero-order chi connectivity index (χ0) is 18.6. The average Bonchev–Trinajstić information content (AvgIpc) is 3.05. The van der Waals surface area contributed by atoms with Crippen LogP contribution >= 0.6 is 0 Å². The summed E-state index contributed by atoms with van der Waals surface area (Å²) in [6.07, 6.45) is 5.09. The number of carbonyl (C=O) groups excluding carboxylic acids is 1. The van der Waals surface area contributed by atoms with E-state index in [1.54, 1.807) is 18.5 Å². The molecule has 0 unspecified atom stereocenters. The van der Waals surface area contributed by atoms with Crippen LogP contribution in [-0.2, 0) is 26.4 Å². The van der Waals surface area contributed by atoms with Crippen molar-refractivity contribution in [1.82, 2.24) is 24.8 Å². The fourth-order valence-corrected chi connectivity index (χ4v) is 3.40. The van der Waals surface area contributed by atoms with Crippen molar-refractivity contribution in [2.24, 2.45) is 7.05 Å². The summed E-state index contributed by atoms with van der Waals surface area (Å²) in [5.74, 6) is 1.02. The van der Waals surface area contributed by atoms with E-state index >= 15 is 0 Å². The first-order valence-corrected chi connectivity index (χ1v) is 9.11. The molecule has 3 aromatic rings. The maximum Gasteiger partial charge on any atom is 0.287 e. The minimum atomic E-state index is -0.134. The van der Waals surface area contributed by atoms with Gasteiger partial charge >= 0.3 is 0 Å². The van der Waals surface area contributed by atoms with Crippen LogP contribution in [0.3, 0.4) is 0 Å². The molecule has 7 nitrogen and oxygen atoms in total. The Kier molecular flexibility index (Phi) is 4.82. The van der Waals surface area contributed by atoms with Gasteiger partial charge in [-0.15, -0.1) is 0 Å². The number of carbonyl (C=O) groups is 1. The van der Waals surface area contributed by atoms with Crippen molar-refractivity contribution in [3.63, 3.8) is 0 Å². The fraction of sp³-hybridized carbons (Fsp3) is 0.300. The second-order valence-electron chi connectivity index (χ2n) is 6.60. The van der Waals surface area contributed by atoms with Crippen molar-refractivity contribution in [3.05, 3.63) is 71.6 Å². The maximum atomic E-state index is 12.6. The molecule has 4 rings (SSSR count). The number of fused-ring (bicyclic) bond motifs is 1. The van der Waals surface area contributed by atoms with Gasteiger partial charge in [0.2, 0.25) is 5.95 Å². The molecule has 3 heterocycles. The standard InChI is InChI=1S/C20H22N6O/c1-25-17-9-13-26(20-22-10-5-11-23-20)14-16(17)24-18(25)19(27)21-12-8-15-6-3-2-4-7-15/h2-7,10-11H,8-9,12-14H2,1H3,(H,21,27). The molecule has 0 radical (unpaired) electrons. The molecule has 27 heavy (non-hydrogen) atoms. The monoisotopic (exact) mass is 362 g/mol. The van der Waals surface area contributed by atoms with Gasteiger partial charge in [-0.1, -0.05) is 30.3 Å². The van der Waals surface area contributed by atoms with Crippen molar-refractivity contribution in [3.8, 4) is 0 Å². The molecule has 0 aliphatic carbocycles. The highest BCUT2D eigenvalue weighted by atomic mass is 16.2. The van der Waals surface area contributed by atoms with E-state index in [0.717, 1.165) is 30.8 Å². The Labute approximate surface area is 158 Å². The molecule has 1 aromatic carbocycles. The van der Waals surface area contributed by atoms with Gasteiger partial charge < -0.3 is 14.8 Å². The summed E-state index contributed by atoms with van der Waals surface area (Å²) in [6, 6.07) is 11.9. The Morgan fingerprint density at radius 2 is 1.93 bits per heavy atom. The molecular formula is C20H22N6O. The van der Waals surface area contributed by atoms with E-state index in [2.05, 4.69) is 37.3 Å². The molecule has 0 fully saturated rings. The summed E-state index contributed by atoms with van der Waals surface area (Å²) in [7, 11) is 1.91. The molecule has 138 valence electrons. The van der Waals surface area contributed by atoms with Gasteiger partial charge in [-0.3, -0.25) is 4.79 Å². The molecule has 1 aliphatic rings. The van der Waals surface area contributed by atoms with Gasteiger partial charge in [0, 0.05) is 44.6 Å². The lowest BCUT2D eigenvalue weighted by Gasteiger charge is -2.26. The first-order valence-electron chi connectivity index (χ1n) is 9.11. The highest BCUT2D eigenvalue weighted by molar-refractivity contribution is 5.91. The van der Waals surface area contributed by atoms with Crippen LogP contribution < -0.4 is 10.2 Å². The number of benzene rings is 1. The van der Waals surface area contributed by atoms with E-state index < -0.39 is 0 Å². The minimum absolute atomic E-state index is 0.134. The summed E-state index contributed by atoms with van der Waals surface area (Å²) in [4.78, 5) is 27.9. The number of anilines is 1. The zero-order valence-electron chi connectivity index (χ0n) is 15.3. The number of imidazole rings is 1. The minimum Gasteiger partial charge on any atom is -0.349 e. The van der Waals surface area contributed by atoms with Crippen LogP contribution in [0.15, 0.2) is 48.8 Å². The van der Waals surface area contributed by atoms with E-state index in [0.29, 0.717) is 24.9 Å². The SMILES string of the molecule is Cn1c(C(=O)NCCc2ccccc2)nc2c1CCN(c1ncccn1)C2. The Morgan fingerprint density at radius 1 is 1.15 bits per heavy atom. The van der Waals surface area contributed by atoms with Crippen LogP contribution in [0.4, 0.5) is 5.95 Å². The molecule has 0 saturated carbocycles. The summed E-state index contributed by atoms with van der Waals surface area (Å²) < 4.78 is 1.91. The number of hydrogen-bond donors (Lipinski definition) is 1. The number of rotatable bonds is 5. The van der Waals surface area contributed by atoms with Crippen LogP contribution in [0.5, 0.6) is 0 Å². The van der Waals surface area contributed by atoms with Gasteiger partial charge in [0.05, 0.1) is 12.2 Å². The predicted octanol–water partition coefficient (Wildman–Crippen LogP) is 1.75. The molecule has 1 aliphatic heterocycles. The third kappa shape index (κ3) is 3.67. The largest absolute Gasteiger partial charge is 0.349 e. The van der Waals surface area contributed by atoms with Crippen molar-refractivity contribution in [1.29, 1.82) is 0 Å². The van der Waals surface area contributed by atoms with E-state index in [-0.39, 0.29) is 5.91 Å². The van der Waals surface area contributed by atoms with Crippen molar-refractivity contribution in [2.45, 2.75) is 19.4 Å². The van der Waals surface area contributed by atoms with E-state index in [1.807, 2.05) is 29.8 Å². The molecule has 1 amide bonds. The Balaban J connectivity index is 1.43. The van der Waals surface area contributed by atoms with Gasteiger partial charge in [-0.2, -0.15) is 0 Å². The first-order chi connectivity index (χ1) is 13.2. The Hall–Kier alpha value is -3.22. The van der Waals surface area contributed by atoms with Crippen LogP contribution in [0.2, 0.25) is 0 Å². The summed E-state index contributed by atoms with van der Waals surface area (Å²) >= 11 is 0. The lowest BCUT2D eigenvalue weighted by Crippen LogP contribution is -2.32.